The summed E-state index contributed by atoms with van der Waals surface area (Å²) in [7, 11) is 0. The molecule has 1 aliphatic heterocycles. The number of nitriles is 1. The van der Waals surface area contributed by atoms with Gasteiger partial charge in [-0.05, 0) is 31.2 Å². The van der Waals surface area contributed by atoms with E-state index in [1.165, 1.54) is 0 Å². The third kappa shape index (κ3) is 2.97. The quantitative estimate of drug-likeness (QED) is 0.903. The molecule has 0 aromatic heterocycles. The van der Waals surface area contributed by atoms with Gasteiger partial charge in [0.1, 0.15) is 0 Å². The minimum absolute atomic E-state index is 0.0592. The van der Waals surface area contributed by atoms with Gasteiger partial charge in [0.25, 0.3) is 0 Å². The Morgan fingerprint density at radius 2 is 2.11 bits per heavy atom. The lowest BCUT2D eigenvalue weighted by Crippen LogP contribution is -2.48. The Hall–Kier alpha value is -1.37. The molecule has 0 saturated carbocycles. The highest BCUT2D eigenvalue weighted by atomic mass is 16.3. The smallest absolute Gasteiger partial charge is 0.0986 e. The summed E-state index contributed by atoms with van der Waals surface area (Å²) in [6.45, 7) is 2.23. The van der Waals surface area contributed by atoms with Gasteiger partial charge in [-0.25, -0.2) is 0 Å². The normalized spacial score (nSPS) is 25.7. The van der Waals surface area contributed by atoms with E-state index in [1.807, 2.05) is 30.3 Å². The molecule has 0 bridgehead atoms. The lowest BCUT2D eigenvalue weighted by Gasteiger charge is -2.43. The maximum absolute atomic E-state index is 9.81. The molecule has 2 rings (SSSR count). The van der Waals surface area contributed by atoms with Crippen molar-refractivity contribution in [2.45, 2.75) is 50.7 Å². The lowest BCUT2D eigenvalue weighted by molar-refractivity contribution is 0.0294. The van der Waals surface area contributed by atoms with Crippen LogP contribution in [0.2, 0.25) is 0 Å². The molecule has 1 heterocycles. The van der Waals surface area contributed by atoms with Crippen LogP contribution in [0, 0.1) is 11.3 Å². The van der Waals surface area contributed by atoms with E-state index in [-0.39, 0.29) is 18.7 Å². The van der Waals surface area contributed by atoms with Crippen molar-refractivity contribution in [3.05, 3.63) is 35.9 Å². The van der Waals surface area contributed by atoms with Crippen molar-refractivity contribution in [2.75, 3.05) is 6.61 Å². The highest BCUT2D eigenvalue weighted by molar-refractivity contribution is 5.20. The standard InChI is InChI=1S/C16H22N2O/c1-2-14-9-6-10-15(11-17)18(14)16(12-19)13-7-4-3-5-8-13/h3-5,7-8,14-16,19H,2,6,9-10,12H2,1H3/t14?,15?,16-/m1/s1. The molecule has 1 aromatic carbocycles. The fourth-order valence-electron chi connectivity index (χ4n) is 3.16. The molecule has 1 N–H and O–H groups in total. The topological polar surface area (TPSA) is 47.3 Å². The van der Waals surface area contributed by atoms with Crippen molar-refractivity contribution in [2.24, 2.45) is 0 Å². The van der Waals surface area contributed by atoms with Crippen LogP contribution in [-0.2, 0) is 0 Å². The van der Waals surface area contributed by atoms with Crippen LogP contribution in [0.1, 0.15) is 44.2 Å². The van der Waals surface area contributed by atoms with Crippen molar-refractivity contribution in [3.8, 4) is 6.07 Å². The minimum Gasteiger partial charge on any atom is -0.394 e. The van der Waals surface area contributed by atoms with E-state index in [9.17, 15) is 10.4 Å². The molecule has 19 heavy (non-hydrogen) atoms. The molecule has 1 aliphatic rings. The molecule has 1 fully saturated rings. The number of hydrogen-bond donors (Lipinski definition) is 1. The zero-order chi connectivity index (χ0) is 13.7. The van der Waals surface area contributed by atoms with Crippen molar-refractivity contribution in [3.63, 3.8) is 0 Å². The van der Waals surface area contributed by atoms with Crippen molar-refractivity contribution >= 4 is 0 Å². The average molecular weight is 258 g/mol. The summed E-state index contributed by atoms with van der Waals surface area (Å²) < 4.78 is 0. The van der Waals surface area contributed by atoms with Gasteiger partial charge in [0.15, 0.2) is 0 Å². The van der Waals surface area contributed by atoms with Gasteiger partial charge in [-0.1, -0.05) is 37.3 Å². The third-order valence-electron chi connectivity index (χ3n) is 4.13. The van der Waals surface area contributed by atoms with Crippen LogP contribution < -0.4 is 0 Å². The molecule has 0 aliphatic carbocycles. The molecule has 0 spiro atoms. The molecule has 3 atom stereocenters. The first-order valence-corrected chi connectivity index (χ1v) is 7.14. The number of hydrogen-bond acceptors (Lipinski definition) is 3. The van der Waals surface area contributed by atoms with Crippen LogP contribution in [0.3, 0.4) is 0 Å². The van der Waals surface area contributed by atoms with Crippen molar-refractivity contribution < 1.29 is 5.11 Å². The van der Waals surface area contributed by atoms with Crippen LogP contribution in [0.4, 0.5) is 0 Å². The first-order valence-electron chi connectivity index (χ1n) is 7.14. The van der Waals surface area contributed by atoms with E-state index in [4.69, 9.17) is 0 Å². The highest BCUT2D eigenvalue weighted by Crippen LogP contribution is 2.33. The van der Waals surface area contributed by atoms with Gasteiger partial charge in [-0.3, -0.25) is 4.90 Å². The molecule has 3 nitrogen and oxygen atoms in total. The van der Waals surface area contributed by atoms with E-state index in [1.54, 1.807) is 0 Å². The van der Waals surface area contributed by atoms with Crippen LogP contribution in [-0.4, -0.2) is 28.7 Å². The van der Waals surface area contributed by atoms with Crippen molar-refractivity contribution in [1.29, 1.82) is 5.26 Å². The number of nitrogens with zero attached hydrogens (tertiary/aromatic N) is 2. The Bertz CT molecular complexity index is 426. The maximum Gasteiger partial charge on any atom is 0.0986 e. The van der Waals surface area contributed by atoms with E-state index in [0.29, 0.717) is 6.04 Å². The number of likely N-dealkylation sites (tertiary alicyclic amines) is 1. The second-order valence-corrected chi connectivity index (χ2v) is 5.19. The number of rotatable bonds is 4. The predicted molar refractivity (Wildman–Crippen MR) is 75.4 cm³/mol. The number of piperidine rings is 1. The number of aliphatic hydroxyl groups is 1. The first kappa shape index (κ1) is 14.0. The zero-order valence-electron chi connectivity index (χ0n) is 11.5. The van der Waals surface area contributed by atoms with E-state index in [2.05, 4.69) is 17.9 Å². The Kier molecular flexibility index (Phi) is 4.95. The fourth-order valence-corrected chi connectivity index (χ4v) is 3.16. The summed E-state index contributed by atoms with van der Waals surface area (Å²) >= 11 is 0. The largest absolute Gasteiger partial charge is 0.394 e. The van der Waals surface area contributed by atoms with E-state index >= 15 is 0 Å². The van der Waals surface area contributed by atoms with Gasteiger partial charge < -0.3 is 5.11 Å². The molecule has 1 saturated heterocycles. The number of aliphatic hydroxyl groups excluding tert-OH is 1. The Labute approximate surface area is 115 Å². The Morgan fingerprint density at radius 3 is 2.68 bits per heavy atom. The highest BCUT2D eigenvalue weighted by Gasteiger charge is 2.35. The number of benzene rings is 1. The van der Waals surface area contributed by atoms with Gasteiger partial charge in [-0.15, -0.1) is 0 Å². The van der Waals surface area contributed by atoms with Crippen molar-refractivity contribution in [1.82, 2.24) is 4.90 Å². The Morgan fingerprint density at radius 1 is 1.37 bits per heavy atom. The summed E-state index contributed by atoms with van der Waals surface area (Å²) in [5.74, 6) is 0. The second kappa shape index (κ2) is 6.70. The zero-order valence-corrected chi connectivity index (χ0v) is 11.5. The molecule has 1 aromatic rings. The van der Waals surface area contributed by atoms with Gasteiger partial charge in [0.2, 0.25) is 0 Å². The predicted octanol–water partition coefficient (Wildman–Crippen LogP) is 2.88. The summed E-state index contributed by atoms with van der Waals surface area (Å²) in [5, 5.41) is 19.2. The molecule has 0 amide bonds. The van der Waals surface area contributed by atoms with Gasteiger partial charge in [0.05, 0.1) is 24.8 Å². The van der Waals surface area contributed by atoms with Crippen LogP contribution >= 0.6 is 0 Å². The SMILES string of the molecule is CCC1CCCC(C#N)N1[C@H](CO)c1ccccc1. The molecular formula is C16H22N2O. The monoisotopic (exact) mass is 258 g/mol. The molecule has 102 valence electrons. The summed E-state index contributed by atoms with van der Waals surface area (Å²) in [6, 6.07) is 12.7. The van der Waals surface area contributed by atoms with Crippen LogP contribution in [0.15, 0.2) is 30.3 Å². The molecule has 0 radical (unpaired) electrons. The van der Waals surface area contributed by atoms with E-state index in [0.717, 1.165) is 31.2 Å². The van der Waals surface area contributed by atoms with E-state index < -0.39 is 0 Å². The molecule has 2 unspecified atom stereocenters. The summed E-state index contributed by atoms with van der Waals surface area (Å²) in [5.41, 5.74) is 1.10. The Balaban J connectivity index is 2.30. The molecular weight excluding hydrogens is 236 g/mol. The minimum atomic E-state index is -0.0731. The van der Waals surface area contributed by atoms with Crippen LogP contribution in [0.5, 0.6) is 0 Å². The molecule has 3 heteroatoms. The van der Waals surface area contributed by atoms with Gasteiger partial charge in [0, 0.05) is 6.04 Å². The third-order valence-corrected chi connectivity index (χ3v) is 4.13. The fraction of sp³-hybridized carbons (Fsp3) is 0.562. The second-order valence-electron chi connectivity index (χ2n) is 5.19. The summed E-state index contributed by atoms with van der Waals surface area (Å²) in [6.07, 6.45) is 4.18. The summed E-state index contributed by atoms with van der Waals surface area (Å²) in [4.78, 5) is 2.23. The maximum atomic E-state index is 9.81. The van der Waals surface area contributed by atoms with Gasteiger partial charge in [-0.2, -0.15) is 5.26 Å². The first-order chi connectivity index (χ1) is 9.31. The average Bonchev–Trinajstić information content (AvgIpc) is 2.49. The lowest BCUT2D eigenvalue weighted by atomic mass is 9.90. The van der Waals surface area contributed by atoms with Crippen LogP contribution in [0.25, 0.3) is 0 Å². The van der Waals surface area contributed by atoms with Gasteiger partial charge >= 0.3 is 0 Å².